The standard InChI is InChI=1S/C18H25ClN2O3S/c19-16-7-3-5-14(11-16)13-25(23,24)21-10-4-6-15(12-21)18(22)20-17-8-1-2-9-17/h3,5,7,11,15,17H,1-2,4,6,8-10,12-13H2,(H,20,22). The number of carbonyl (C=O) groups excluding carboxylic acids is 1. The molecule has 1 unspecified atom stereocenters. The molecule has 0 spiro atoms. The summed E-state index contributed by atoms with van der Waals surface area (Å²) in [6, 6.07) is 7.18. The lowest BCUT2D eigenvalue weighted by molar-refractivity contribution is -0.126. The van der Waals surface area contributed by atoms with Crippen molar-refractivity contribution in [1.29, 1.82) is 0 Å². The van der Waals surface area contributed by atoms with E-state index in [0.717, 1.165) is 38.5 Å². The Balaban J connectivity index is 1.62. The molecule has 3 rings (SSSR count). The van der Waals surface area contributed by atoms with Crippen LogP contribution in [-0.2, 0) is 20.6 Å². The first-order chi connectivity index (χ1) is 11.9. The molecule has 1 heterocycles. The Morgan fingerprint density at radius 1 is 1.20 bits per heavy atom. The highest BCUT2D eigenvalue weighted by Crippen LogP contribution is 2.24. The van der Waals surface area contributed by atoms with Gasteiger partial charge in [-0.2, -0.15) is 0 Å². The van der Waals surface area contributed by atoms with Crippen LogP contribution in [0.25, 0.3) is 0 Å². The van der Waals surface area contributed by atoms with E-state index in [4.69, 9.17) is 11.6 Å². The number of benzene rings is 1. The highest BCUT2D eigenvalue weighted by molar-refractivity contribution is 7.88. The van der Waals surface area contributed by atoms with E-state index in [1.54, 1.807) is 24.3 Å². The van der Waals surface area contributed by atoms with Crippen molar-refractivity contribution in [2.45, 2.75) is 50.3 Å². The molecule has 1 aliphatic heterocycles. The van der Waals surface area contributed by atoms with E-state index in [-0.39, 0.29) is 30.2 Å². The quantitative estimate of drug-likeness (QED) is 0.848. The maximum Gasteiger partial charge on any atom is 0.224 e. The van der Waals surface area contributed by atoms with Crippen molar-refractivity contribution in [3.8, 4) is 0 Å². The first kappa shape index (κ1) is 18.7. The lowest BCUT2D eigenvalue weighted by Crippen LogP contribution is -2.47. The van der Waals surface area contributed by atoms with E-state index < -0.39 is 10.0 Å². The average Bonchev–Trinajstić information content (AvgIpc) is 3.07. The molecule has 0 bridgehead atoms. The molecule has 0 aromatic heterocycles. The van der Waals surface area contributed by atoms with Crippen molar-refractivity contribution < 1.29 is 13.2 Å². The van der Waals surface area contributed by atoms with Crippen LogP contribution in [0.4, 0.5) is 0 Å². The van der Waals surface area contributed by atoms with Gasteiger partial charge in [0, 0.05) is 24.2 Å². The van der Waals surface area contributed by atoms with Crippen LogP contribution in [0.5, 0.6) is 0 Å². The molecule has 7 heteroatoms. The van der Waals surface area contributed by atoms with Crippen molar-refractivity contribution in [2.24, 2.45) is 5.92 Å². The van der Waals surface area contributed by atoms with Crippen molar-refractivity contribution in [3.05, 3.63) is 34.9 Å². The Bertz CT molecular complexity index is 717. The summed E-state index contributed by atoms with van der Waals surface area (Å²) in [4.78, 5) is 12.5. The van der Waals surface area contributed by atoms with Crippen LogP contribution >= 0.6 is 11.6 Å². The first-order valence-electron chi connectivity index (χ1n) is 8.97. The number of hydrogen-bond acceptors (Lipinski definition) is 3. The molecule has 1 amide bonds. The Labute approximate surface area is 154 Å². The second-order valence-corrected chi connectivity index (χ2v) is 9.48. The van der Waals surface area contributed by atoms with E-state index >= 15 is 0 Å². The zero-order chi connectivity index (χ0) is 17.9. The van der Waals surface area contributed by atoms with Gasteiger partial charge in [0.2, 0.25) is 15.9 Å². The lowest BCUT2D eigenvalue weighted by Gasteiger charge is -2.32. The smallest absolute Gasteiger partial charge is 0.224 e. The molecule has 1 aromatic carbocycles. The van der Waals surface area contributed by atoms with Gasteiger partial charge in [-0.05, 0) is 43.4 Å². The number of piperidine rings is 1. The van der Waals surface area contributed by atoms with Gasteiger partial charge in [-0.3, -0.25) is 4.79 Å². The van der Waals surface area contributed by atoms with Gasteiger partial charge in [0.05, 0.1) is 11.7 Å². The maximum atomic E-state index is 12.7. The first-order valence-corrected chi connectivity index (χ1v) is 11.0. The summed E-state index contributed by atoms with van der Waals surface area (Å²) >= 11 is 5.94. The predicted octanol–water partition coefficient (Wildman–Crippen LogP) is 2.94. The Morgan fingerprint density at radius 2 is 1.96 bits per heavy atom. The normalized spacial score (nSPS) is 22.8. The summed E-state index contributed by atoms with van der Waals surface area (Å²) in [5.74, 6) is -0.317. The Hall–Kier alpha value is -1.11. The molecule has 2 aliphatic rings. The molecule has 25 heavy (non-hydrogen) atoms. The number of rotatable bonds is 5. The molecule has 1 saturated heterocycles. The summed E-state index contributed by atoms with van der Waals surface area (Å²) in [5, 5.41) is 3.63. The fraction of sp³-hybridized carbons (Fsp3) is 0.611. The van der Waals surface area contributed by atoms with Crippen LogP contribution in [0.1, 0.15) is 44.1 Å². The fourth-order valence-electron chi connectivity index (χ4n) is 3.73. The fourth-order valence-corrected chi connectivity index (χ4v) is 5.54. The SMILES string of the molecule is O=C(NC1CCCC1)C1CCCN(S(=O)(=O)Cc2cccc(Cl)c2)C1. The minimum atomic E-state index is -3.45. The van der Waals surface area contributed by atoms with E-state index in [9.17, 15) is 13.2 Å². The lowest BCUT2D eigenvalue weighted by atomic mass is 9.98. The predicted molar refractivity (Wildman–Crippen MR) is 98.8 cm³/mol. The van der Waals surface area contributed by atoms with E-state index in [0.29, 0.717) is 17.1 Å². The van der Waals surface area contributed by atoms with Crippen molar-refractivity contribution >= 4 is 27.5 Å². The van der Waals surface area contributed by atoms with Crippen molar-refractivity contribution in [3.63, 3.8) is 0 Å². The third-order valence-corrected chi connectivity index (χ3v) is 7.14. The summed E-state index contributed by atoms with van der Waals surface area (Å²) in [7, 11) is -3.45. The Morgan fingerprint density at radius 3 is 2.68 bits per heavy atom. The summed E-state index contributed by atoms with van der Waals surface area (Å²) in [5.41, 5.74) is 0.671. The highest BCUT2D eigenvalue weighted by Gasteiger charge is 2.33. The number of nitrogens with one attached hydrogen (secondary N) is 1. The molecular weight excluding hydrogens is 360 g/mol. The molecule has 1 saturated carbocycles. The van der Waals surface area contributed by atoms with Crippen LogP contribution in [0.2, 0.25) is 5.02 Å². The Kier molecular flexibility index (Phi) is 6.02. The van der Waals surface area contributed by atoms with Crippen molar-refractivity contribution in [1.82, 2.24) is 9.62 Å². The molecule has 1 N–H and O–H groups in total. The van der Waals surface area contributed by atoms with Gasteiger partial charge in [0.25, 0.3) is 0 Å². The van der Waals surface area contributed by atoms with Gasteiger partial charge in [-0.1, -0.05) is 36.6 Å². The van der Waals surface area contributed by atoms with Crippen LogP contribution in [0.3, 0.4) is 0 Å². The number of halogens is 1. The third kappa shape index (κ3) is 4.96. The summed E-state index contributed by atoms with van der Waals surface area (Å²) in [6.07, 6.45) is 5.87. The van der Waals surface area contributed by atoms with Gasteiger partial charge in [-0.15, -0.1) is 0 Å². The van der Waals surface area contributed by atoms with Gasteiger partial charge < -0.3 is 5.32 Å². The molecule has 1 aliphatic carbocycles. The molecule has 1 aromatic rings. The van der Waals surface area contributed by atoms with Gasteiger partial charge in [-0.25, -0.2) is 12.7 Å². The average molecular weight is 385 g/mol. The number of sulfonamides is 1. The molecule has 138 valence electrons. The van der Waals surface area contributed by atoms with Crippen LogP contribution < -0.4 is 5.32 Å². The minimum absolute atomic E-state index is 0.00885. The molecule has 1 atom stereocenters. The van der Waals surface area contributed by atoms with E-state index in [1.165, 1.54) is 4.31 Å². The van der Waals surface area contributed by atoms with Crippen LogP contribution in [0, 0.1) is 5.92 Å². The maximum absolute atomic E-state index is 12.7. The van der Waals surface area contributed by atoms with Gasteiger partial charge in [0.1, 0.15) is 0 Å². The van der Waals surface area contributed by atoms with Crippen LogP contribution in [0.15, 0.2) is 24.3 Å². The zero-order valence-electron chi connectivity index (χ0n) is 14.3. The number of carbonyl (C=O) groups is 1. The molecular formula is C18H25ClN2O3S. The highest BCUT2D eigenvalue weighted by atomic mass is 35.5. The number of hydrogen-bond donors (Lipinski definition) is 1. The van der Waals surface area contributed by atoms with Gasteiger partial charge in [0.15, 0.2) is 0 Å². The molecule has 0 radical (unpaired) electrons. The summed E-state index contributed by atoms with van der Waals surface area (Å²) < 4.78 is 26.9. The zero-order valence-corrected chi connectivity index (χ0v) is 15.9. The third-order valence-electron chi connectivity index (χ3n) is 5.09. The van der Waals surface area contributed by atoms with Gasteiger partial charge >= 0.3 is 0 Å². The van der Waals surface area contributed by atoms with Crippen LogP contribution in [-0.4, -0.2) is 37.8 Å². The number of amides is 1. The monoisotopic (exact) mass is 384 g/mol. The second-order valence-electron chi connectivity index (χ2n) is 7.07. The second kappa shape index (κ2) is 8.06. The largest absolute Gasteiger partial charge is 0.353 e. The van der Waals surface area contributed by atoms with E-state index in [1.807, 2.05) is 0 Å². The van der Waals surface area contributed by atoms with E-state index in [2.05, 4.69) is 5.32 Å². The summed E-state index contributed by atoms with van der Waals surface area (Å²) in [6.45, 7) is 0.761. The topological polar surface area (TPSA) is 66.5 Å². The molecule has 2 fully saturated rings. The van der Waals surface area contributed by atoms with Crippen molar-refractivity contribution in [2.75, 3.05) is 13.1 Å². The number of nitrogens with zero attached hydrogens (tertiary/aromatic N) is 1. The molecule has 5 nitrogen and oxygen atoms in total. The minimum Gasteiger partial charge on any atom is -0.353 e.